The Kier molecular flexibility index (Phi) is 7.67. The normalized spacial score (nSPS) is 15.3. The minimum Gasteiger partial charge on any atom is -0.497 e. The average Bonchev–Trinajstić information content (AvgIpc) is 3.26. The smallest absolute Gasteiger partial charge is 0.120 e. The Morgan fingerprint density at radius 3 is 2.40 bits per heavy atom. The zero-order valence-corrected chi connectivity index (χ0v) is 21.1. The van der Waals surface area contributed by atoms with Crippen molar-refractivity contribution in [1.29, 1.82) is 0 Å². The van der Waals surface area contributed by atoms with E-state index in [9.17, 15) is 5.11 Å². The fraction of sp³-hybridized carbons (Fsp3) is 0.333. The average molecular weight is 488 g/mol. The van der Waals surface area contributed by atoms with Crippen molar-refractivity contribution in [1.82, 2.24) is 4.90 Å². The van der Waals surface area contributed by atoms with Gasteiger partial charge in [0.2, 0.25) is 0 Å². The molecule has 3 aromatic carbocycles. The number of nitrogens with zero attached hydrogens (tertiary/aromatic N) is 1. The number of hydrogen-bond donors (Lipinski definition) is 1. The SMILES string of the molecule is COc1ccc2c(C(O)c3ccc(OCCN4CCCCC4)cc3)c(Cc3ccccc3)sc2c1. The van der Waals surface area contributed by atoms with Gasteiger partial charge in [-0.25, -0.2) is 0 Å². The zero-order chi connectivity index (χ0) is 24.0. The van der Waals surface area contributed by atoms with Crippen molar-refractivity contribution in [3.05, 3.63) is 94.4 Å². The van der Waals surface area contributed by atoms with Crippen LogP contribution in [0.5, 0.6) is 11.5 Å². The van der Waals surface area contributed by atoms with Gasteiger partial charge in [0, 0.05) is 28.1 Å². The molecule has 0 amide bonds. The quantitative estimate of drug-likeness (QED) is 0.295. The van der Waals surface area contributed by atoms with Crippen LogP contribution in [-0.4, -0.2) is 43.4 Å². The van der Waals surface area contributed by atoms with Crippen LogP contribution in [0.25, 0.3) is 10.1 Å². The van der Waals surface area contributed by atoms with E-state index in [0.717, 1.165) is 45.7 Å². The Morgan fingerprint density at radius 2 is 1.66 bits per heavy atom. The lowest BCUT2D eigenvalue weighted by Crippen LogP contribution is -2.33. The van der Waals surface area contributed by atoms with Gasteiger partial charge in [-0.3, -0.25) is 4.90 Å². The molecular weight excluding hydrogens is 454 g/mol. The molecular formula is C30H33NO3S. The number of benzene rings is 3. The summed E-state index contributed by atoms with van der Waals surface area (Å²) >= 11 is 1.73. The predicted molar refractivity (Wildman–Crippen MR) is 144 cm³/mol. The van der Waals surface area contributed by atoms with Crippen molar-refractivity contribution < 1.29 is 14.6 Å². The van der Waals surface area contributed by atoms with E-state index < -0.39 is 6.10 Å². The fourth-order valence-electron chi connectivity index (χ4n) is 4.88. The van der Waals surface area contributed by atoms with Crippen LogP contribution in [-0.2, 0) is 6.42 Å². The highest BCUT2D eigenvalue weighted by atomic mass is 32.1. The van der Waals surface area contributed by atoms with Gasteiger partial charge in [-0.1, -0.05) is 48.9 Å². The van der Waals surface area contributed by atoms with E-state index in [1.807, 2.05) is 36.4 Å². The Morgan fingerprint density at radius 1 is 0.914 bits per heavy atom. The Bertz CT molecular complexity index is 1230. The van der Waals surface area contributed by atoms with Crippen LogP contribution in [0, 0.1) is 0 Å². The molecule has 1 atom stereocenters. The van der Waals surface area contributed by atoms with Crippen molar-refractivity contribution in [3.8, 4) is 11.5 Å². The molecule has 0 saturated carbocycles. The van der Waals surface area contributed by atoms with Gasteiger partial charge in [0.15, 0.2) is 0 Å². The second-order valence-electron chi connectivity index (χ2n) is 9.19. The molecule has 5 rings (SSSR count). The van der Waals surface area contributed by atoms with Gasteiger partial charge in [-0.2, -0.15) is 0 Å². The molecule has 1 saturated heterocycles. The Labute approximate surface area is 211 Å². The molecule has 0 spiro atoms. The first-order valence-corrected chi connectivity index (χ1v) is 13.3. The van der Waals surface area contributed by atoms with Gasteiger partial charge in [-0.15, -0.1) is 11.3 Å². The monoisotopic (exact) mass is 487 g/mol. The molecule has 0 bridgehead atoms. The van der Waals surface area contributed by atoms with Crippen LogP contribution in [0.3, 0.4) is 0 Å². The highest BCUT2D eigenvalue weighted by Gasteiger charge is 2.22. The summed E-state index contributed by atoms with van der Waals surface area (Å²) < 4.78 is 12.6. The summed E-state index contributed by atoms with van der Waals surface area (Å²) in [5, 5.41) is 12.6. The van der Waals surface area contributed by atoms with Gasteiger partial charge >= 0.3 is 0 Å². The van der Waals surface area contributed by atoms with Crippen molar-refractivity contribution in [2.75, 3.05) is 33.4 Å². The van der Waals surface area contributed by atoms with Crippen molar-refractivity contribution in [2.45, 2.75) is 31.8 Å². The molecule has 1 aliphatic rings. The maximum Gasteiger partial charge on any atom is 0.120 e. The number of aliphatic hydroxyl groups is 1. The minimum atomic E-state index is -0.710. The van der Waals surface area contributed by atoms with Crippen molar-refractivity contribution in [3.63, 3.8) is 0 Å². The Hall–Kier alpha value is -2.86. The molecule has 1 aromatic heterocycles. The Balaban J connectivity index is 1.36. The molecule has 1 aliphatic heterocycles. The number of rotatable bonds is 9. The molecule has 5 heteroatoms. The number of aliphatic hydroxyl groups excluding tert-OH is 1. The van der Waals surface area contributed by atoms with Crippen LogP contribution < -0.4 is 9.47 Å². The third kappa shape index (κ3) is 5.69. The maximum absolute atomic E-state index is 11.5. The highest BCUT2D eigenvalue weighted by molar-refractivity contribution is 7.19. The lowest BCUT2D eigenvalue weighted by atomic mass is 9.96. The van der Waals surface area contributed by atoms with Crippen LogP contribution in [0.2, 0.25) is 0 Å². The molecule has 0 aliphatic carbocycles. The molecule has 1 N–H and O–H groups in total. The lowest BCUT2D eigenvalue weighted by Gasteiger charge is -2.26. The van der Waals surface area contributed by atoms with Crippen LogP contribution >= 0.6 is 11.3 Å². The zero-order valence-electron chi connectivity index (χ0n) is 20.3. The van der Waals surface area contributed by atoms with Gasteiger partial charge in [0.1, 0.15) is 24.2 Å². The molecule has 1 unspecified atom stereocenters. The first kappa shape index (κ1) is 23.9. The second kappa shape index (κ2) is 11.3. The molecule has 4 aromatic rings. The largest absolute Gasteiger partial charge is 0.497 e. The van der Waals surface area contributed by atoms with Gasteiger partial charge in [0.25, 0.3) is 0 Å². The van der Waals surface area contributed by atoms with Crippen molar-refractivity contribution >= 4 is 21.4 Å². The van der Waals surface area contributed by atoms with E-state index in [1.54, 1.807) is 18.4 Å². The number of methoxy groups -OCH3 is 1. The molecule has 35 heavy (non-hydrogen) atoms. The number of hydrogen-bond acceptors (Lipinski definition) is 5. The molecule has 182 valence electrons. The second-order valence-corrected chi connectivity index (χ2v) is 10.3. The number of thiophene rings is 1. The maximum atomic E-state index is 11.5. The van der Waals surface area contributed by atoms with E-state index in [-0.39, 0.29) is 0 Å². The standard InChI is InChI=1S/C30H33NO3S/c1-33-25-14-15-26-27(21-25)35-28(20-22-8-4-2-5-9-22)29(26)30(32)23-10-12-24(13-11-23)34-19-18-31-16-6-3-7-17-31/h2,4-5,8-15,21,30,32H,3,6-7,16-20H2,1H3. The van der Waals surface area contributed by atoms with E-state index >= 15 is 0 Å². The predicted octanol–water partition coefficient (Wildman–Crippen LogP) is 6.45. The third-order valence-corrected chi connectivity index (χ3v) is 7.98. The van der Waals surface area contributed by atoms with Crippen LogP contribution in [0.1, 0.15) is 46.9 Å². The van der Waals surface area contributed by atoms with Crippen LogP contribution in [0.4, 0.5) is 0 Å². The summed E-state index contributed by atoms with van der Waals surface area (Å²) in [4.78, 5) is 3.65. The fourth-order valence-corrected chi connectivity index (χ4v) is 6.17. The third-order valence-electron chi connectivity index (χ3n) is 6.81. The van der Waals surface area contributed by atoms with E-state index in [4.69, 9.17) is 9.47 Å². The first-order chi connectivity index (χ1) is 17.2. The summed E-state index contributed by atoms with van der Waals surface area (Å²) in [6.45, 7) is 4.03. The van der Waals surface area contributed by atoms with E-state index in [0.29, 0.717) is 6.61 Å². The van der Waals surface area contributed by atoms with Crippen molar-refractivity contribution in [2.24, 2.45) is 0 Å². The van der Waals surface area contributed by atoms with Gasteiger partial charge < -0.3 is 14.6 Å². The highest BCUT2D eigenvalue weighted by Crippen LogP contribution is 2.40. The summed E-state index contributed by atoms with van der Waals surface area (Å²) in [6.07, 6.45) is 4.01. The minimum absolute atomic E-state index is 0.695. The van der Waals surface area contributed by atoms with Gasteiger partial charge in [0.05, 0.1) is 7.11 Å². The molecule has 4 nitrogen and oxygen atoms in total. The van der Waals surface area contributed by atoms with Gasteiger partial charge in [-0.05, 0) is 72.8 Å². The topological polar surface area (TPSA) is 41.9 Å². The summed E-state index contributed by atoms with van der Waals surface area (Å²) in [5.74, 6) is 1.68. The lowest BCUT2D eigenvalue weighted by molar-refractivity contribution is 0.183. The van der Waals surface area contributed by atoms with E-state index in [1.165, 1.54) is 42.8 Å². The first-order valence-electron chi connectivity index (χ1n) is 12.5. The number of ether oxygens (including phenoxy) is 2. The number of likely N-dealkylation sites (tertiary alicyclic amines) is 1. The molecule has 1 fully saturated rings. The summed E-state index contributed by atoms with van der Waals surface area (Å²) in [6, 6.07) is 24.4. The number of fused-ring (bicyclic) bond motifs is 1. The number of piperidine rings is 1. The summed E-state index contributed by atoms with van der Waals surface area (Å²) in [5.41, 5.74) is 3.09. The van der Waals surface area contributed by atoms with Crippen LogP contribution in [0.15, 0.2) is 72.8 Å². The summed E-state index contributed by atoms with van der Waals surface area (Å²) in [7, 11) is 1.69. The van der Waals surface area contributed by atoms with E-state index in [2.05, 4.69) is 41.3 Å². The molecule has 2 heterocycles. The molecule has 0 radical (unpaired) electrons.